The minimum absolute atomic E-state index is 0.129. The minimum Gasteiger partial charge on any atom is -0.488 e. The quantitative estimate of drug-likeness (QED) is 0.195. The van der Waals surface area contributed by atoms with Gasteiger partial charge in [0.15, 0.2) is 0 Å². The van der Waals surface area contributed by atoms with Crippen LogP contribution in [0.3, 0.4) is 0 Å². The molecule has 0 radical (unpaired) electrons. The van der Waals surface area contributed by atoms with Gasteiger partial charge in [-0.2, -0.15) is 0 Å². The number of ether oxygens (including phenoxy) is 1. The normalized spacial score (nSPS) is 11.7. The summed E-state index contributed by atoms with van der Waals surface area (Å²) in [7, 11) is 0.813. The van der Waals surface area contributed by atoms with Crippen molar-refractivity contribution in [2.24, 2.45) is 0 Å². The lowest BCUT2D eigenvalue weighted by atomic mass is 9.86. The molecule has 0 aliphatic heterocycles. The Morgan fingerprint density at radius 2 is 1.14 bits per heavy atom. The molecule has 0 N–H and O–H groups in total. The van der Waals surface area contributed by atoms with Crippen LogP contribution in [0.15, 0.2) is 103 Å². The number of rotatable bonds is 11. The molecule has 0 spiro atoms. The topological polar surface area (TPSA) is 9.23 Å². The summed E-state index contributed by atoms with van der Waals surface area (Å²) in [6, 6.07) is 37.0. The zero-order valence-electron chi connectivity index (χ0n) is 21.3. The molecule has 0 saturated carbocycles. The predicted octanol–water partition coefficient (Wildman–Crippen LogP) is 8.77. The monoisotopic (exact) mass is 480 g/mol. The van der Waals surface area contributed by atoms with Gasteiger partial charge in [0.1, 0.15) is 12.4 Å². The van der Waals surface area contributed by atoms with Crippen LogP contribution in [0.1, 0.15) is 60.1 Å². The lowest BCUT2D eigenvalue weighted by Gasteiger charge is -2.34. The predicted molar refractivity (Wildman–Crippen MR) is 152 cm³/mol. The van der Waals surface area contributed by atoms with Gasteiger partial charge < -0.3 is 4.74 Å². The van der Waals surface area contributed by atoms with Crippen molar-refractivity contribution in [1.82, 2.24) is 0 Å². The molecule has 0 bridgehead atoms. The van der Waals surface area contributed by atoms with Gasteiger partial charge in [0, 0.05) is 17.1 Å². The Labute approximate surface area is 213 Å². The van der Waals surface area contributed by atoms with E-state index in [-0.39, 0.29) is 5.16 Å². The summed E-state index contributed by atoms with van der Waals surface area (Å²) >= 11 is 0. The van der Waals surface area contributed by atoms with E-state index in [4.69, 9.17) is 4.74 Å². The summed E-state index contributed by atoms with van der Waals surface area (Å²) in [6.07, 6.45) is 4.03. The lowest BCUT2D eigenvalue weighted by molar-refractivity contribution is 0.295. The average Bonchev–Trinajstić information content (AvgIpc) is 2.91. The number of hydrogen-bond acceptors (Lipinski definition) is 1. The van der Waals surface area contributed by atoms with Crippen LogP contribution in [0.4, 0.5) is 0 Å². The zero-order chi connectivity index (χ0) is 24.5. The fourth-order valence-electron chi connectivity index (χ4n) is 5.01. The summed E-state index contributed by atoms with van der Waals surface area (Å²) in [4.78, 5) is 0. The highest BCUT2D eigenvalue weighted by Crippen LogP contribution is 2.50. The van der Waals surface area contributed by atoms with Crippen molar-refractivity contribution in [3.05, 3.63) is 137 Å². The van der Waals surface area contributed by atoms with Gasteiger partial charge in [-0.15, -0.1) is 8.58 Å². The zero-order valence-corrected chi connectivity index (χ0v) is 22.3. The Morgan fingerprint density at radius 3 is 1.66 bits per heavy atom. The van der Waals surface area contributed by atoms with E-state index in [9.17, 15) is 0 Å². The van der Waals surface area contributed by atoms with Crippen molar-refractivity contribution in [2.45, 2.75) is 51.3 Å². The van der Waals surface area contributed by atoms with Gasteiger partial charge in [-0.25, -0.2) is 0 Å². The summed E-state index contributed by atoms with van der Waals surface area (Å²) in [5, 5.41) is 0.129. The molecule has 0 aliphatic carbocycles. The maximum absolute atomic E-state index is 6.75. The Hall–Kier alpha value is -2.89. The van der Waals surface area contributed by atoms with Crippen LogP contribution in [0.25, 0.3) is 0 Å². The Kier molecular flexibility index (Phi) is 8.78. The molecule has 0 aliphatic rings. The lowest BCUT2D eigenvalue weighted by Crippen LogP contribution is -2.21. The third-order valence-corrected chi connectivity index (χ3v) is 9.07. The maximum atomic E-state index is 6.75. The fraction of sp³-hybridized carbons (Fsp3) is 0.273. The first-order valence-corrected chi connectivity index (χ1v) is 14.3. The molecular weight excluding hydrogens is 443 g/mol. The van der Waals surface area contributed by atoms with E-state index in [1.54, 1.807) is 0 Å². The van der Waals surface area contributed by atoms with Gasteiger partial charge >= 0.3 is 0 Å². The number of hydrogen-bond donors (Lipinski definition) is 0. The molecule has 1 nitrogen and oxygen atoms in total. The molecule has 35 heavy (non-hydrogen) atoms. The van der Waals surface area contributed by atoms with Gasteiger partial charge in [-0.05, 0) is 53.7 Å². The molecular formula is C33H37OP. The van der Waals surface area contributed by atoms with Crippen molar-refractivity contribution in [3.8, 4) is 5.75 Å². The first-order valence-electron chi connectivity index (χ1n) is 12.8. The van der Waals surface area contributed by atoms with E-state index in [1.807, 2.05) is 0 Å². The van der Waals surface area contributed by atoms with E-state index >= 15 is 0 Å². The molecule has 0 aromatic heterocycles. The van der Waals surface area contributed by atoms with Gasteiger partial charge in [0.2, 0.25) is 0 Å². The van der Waals surface area contributed by atoms with Crippen LogP contribution in [0.5, 0.6) is 5.75 Å². The second-order valence-corrected chi connectivity index (χ2v) is 10.7. The standard InChI is InChI=1S/C33H37OP/c1-4-33(5-2,35-3)31-24-29(21-26-15-9-6-10-16-26)23-30(22-27-17-11-7-12-18-27)32(31)34-25-28-19-13-8-14-20-28/h6-20,23-24,35H,4-5,21-22,25H2,1-3H3. The Morgan fingerprint density at radius 1 is 0.629 bits per heavy atom. The van der Waals surface area contributed by atoms with E-state index in [0.717, 1.165) is 40.0 Å². The van der Waals surface area contributed by atoms with E-state index in [0.29, 0.717) is 6.61 Å². The third kappa shape index (κ3) is 6.22. The summed E-state index contributed by atoms with van der Waals surface area (Å²) in [5.41, 5.74) is 7.92. The van der Waals surface area contributed by atoms with Gasteiger partial charge in [0.25, 0.3) is 0 Å². The molecule has 1 atom stereocenters. The van der Waals surface area contributed by atoms with Gasteiger partial charge in [-0.1, -0.05) is 117 Å². The van der Waals surface area contributed by atoms with Crippen LogP contribution in [-0.2, 0) is 24.6 Å². The minimum atomic E-state index is 0.129. The second kappa shape index (κ2) is 12.2. The highest BCUT2D eigenvalue weighted by atomic mass is 31.1. The Balaban J connectivity index is 1.84. The third-order valence-electron chi connectivity index (χ3n) is 7.14. The highest BCUT2D eigenvalue weighted by Gasteiger charge is 2.31. The molecule has 0 amide bonds. The Bertz CT molecular complexity index is 1170. The molecule has 4 aromatic carbocycles. The van der Waals surface area contributed by atoms with Crippen molar-refractivity contribution >= 4 is 8.58 Å². The van der Waals surface area contributed by atoms with Crippen molar-refractivity contribution in [3.63, 3.8) is 0 Å². The molecule has 1 unspecified atom stereocenters. The smallest absolute Gasteiger partial charge is 0.127 e. The summed E-state index contributed by atoms with van der Waals surface area (Å²) in [5.74, 6) is 1.09. The van der Waals surface area contributed by atoms with Crippen molar-refractivity contribution in [1.29, 1.82) is 0 Å². The molecule has 0 heterocycles. The summed E-state index contributed by atoms with van der Waals surface area (Å²) < 4.78 is 6.75. The van der Waals surface area contributed by atoms with E-state index < -0.39 is 0 Å². The summed E-state index contributed by atoms with van der Waals surface area (Å²) in [6.45, 7) is 7.61. The first-order chi connectivity index (χ1) is 17.2. The highest BCUT2D eigenvalue weighted by molar-refractivity contribution is 7.38. The average molecular weight is 481 g/mol. The fourth-order valence-corrected chi connectivity index (χ4v) is 6.17. The van der Waals surface area contributed by atoms with Crippen LogP contribution < -0.4 is 4.74 Å². The van der Waals surface area contributed by atoms with Crippen LogP contribution in [0, 0.1) is 0 Å². The largest absolute Gasteiger partial charge is 0.488 e. The SMILES string of the molecule is CCC(CC)(PC)c1cc(Cc2ccccc2)cc(Cc2ccccc2)c1OCc1ccccc1. The molecule has 0 fully saturated rings. The van der Waals surface area contributed by atoms with E-state index in [2.05, 4.69) is 124 Å². The second-order valence-electron chi connectivity index (χ2n) is 9.27. The van der Waals surface area contributed by atoms with Crippen LogP contribution in [-0.4, -0.2) is 6.66 Å². The molecule has 180 valence electrons. The van der Waals surface area contributed by atoms with Crippen molar-refractivity contribution < 1.29 is 4.74 Å². The van der Waals surface area contributed by atoms with Gasteiger partial charge in [-0.3, -0.25) is 0 Å². The van der Waals surface area contributed by atoms with Crippen LogP contribution in [0.2, 0.25) is 0 Å². The van der Waals surface area contributed by atoms with Gasteiger partial charge in [0.05, 0.1) is 0 Å². The number of benzene rings is 4. The molecule has 4 rings (SSSR count). The molecule has 0 saturated heterocycles. The van der Waals surface area contributed by atoms with Crippen LogP contribution >= 0.6 is 8.58 Å². The van der Waals surface area contributed by atoms with Crippen molar-refractivity contribution in [2.75, 3.05) is 6.66 Å². The van der Waals surface area contributed by atoms with E-state index in [1.165, 1.54) is 33.4 Å². The first kappa shape index (κ1) is 25.2. The maximum Gasteiger partial charge on any atom is 0.127 e. The molecule has 2 heteroatoms. The molecule has 4 aromatic rings.